The minimum Gasteiger partial charge on any atom is -0.325 e. The van der Waals surface area contributed by atoms with Gasteiger partial charge in [-0.2, -0.15) is 0 Å². The van der Waals surface area contributed by atoms with Crippen molar-refractivity contribution in [1.29, 1.82) is 0 Å². The molecule has 0 saturated carbocycles. The predicted octanol–water partition coefficient (Wildman–Crippen LogP) is 1.08. The van der Waals surface area contributed by atoms with Gasteiger partial charge in [0.25, 0.3) is 0 Å². The maximum absolute atomic E-state index is 11.4. The highest BCUT2D eigenvalue weighted by atomic mass is 19.1. The molecular formula is C5H12FN. The van der Waals surface area contributed by atoms with Crippen LogP contribution in [-0.4, -0.2) is 12.7 Å². The zero-order chi connectivity index (χ0) is 5.70. The first kappa shape index (κ1) is 6.89. The summed E-state index contributed by atoms with van der Waals surface area (Å²) < 4.78 is 11.4. The van der Waals surface area contributed by atoms with E-state index in [4.69, 9.17) is 5.73 Å². The van der Waals surface area contributed by atoms with Gasteiger partial charge >= 0.3 is 0 Å². The largest absolute Gasteiger partial charge is 0.325 e. The van der Waals surface area contributed by atoms with Crippen LogP contribution in [0.25, 0.3) is 0 Å². The third-order valence-corrected chi connectivity index (χ3v) is 0.858. The fourth-order valence-corrected chi connectivity index (χ4v) is 0.448. The van der Waals surface area contributed by atoms with E-state index in [1.54, 1.807) is 0 Å². The molecule has 0 rings (SSSR count). The highest BCUT2D eigenvalue weighted by Gasteiger charge is 1.95. The van der Waals surface area contributed by atoms with Crippen LogP contribution in [0.4, 0.5) is 4.39 Å². The molecule has 0 saturated heterocycles. The van der Waals surface area contributed by atoms with Crippen molar-refractivity contribution >= 4 is 0 Å². The van der Waals surface area contributed by atoms with E-state index in [0.29, 0.717) is 0 Å². The first-order chi connectivity index (χ1) is 3.31. The number of alkyl halides is 1. The van der Waals surface area contributed by atoms with Crippen LogP contribution in [0.1, 0.15) is 19.8 Å². The zero-order valence-electron chi connectivity index (χ0n) is 4.65. The highest BCUT2D eigenvalue weighted by molar-refractivity contribution is 4.55. The summed E-state index contributed by atoms with van der Waals surface area (Å²) in [6, 6.07) is -0.218. The summed E-state index contributed by atoms with van der Waals surface area (Å²) in [5, 5.41) is 0. The number of hydrogen-bond acceptors (Lipinski definition) is 1. The van der Waals surface area contributed by atoms with Gasteiger partial charge in [-0.25, -0.2) is 4.39 Å². The SMILES string of the molecule is CCC[C@H](N)CF. The Hall–Kier alpha value is -0.110. The van der Waals surface area contributed by atoms with E-state index in [2.05, 4.69) is 0 Å². The van der Waals surface area contributed by atoms with E-state index in [9.17, 15) is 4.39 Å². The molecule has 0 bridgehead atoms. The number of halogens is 1. The fourth-order valence-electron chi connectivity index (χ4n) is 0.448. The predicted molar refractivity (Wildman–Crippen MR) is 28.9 cm³/mol. The smallest absolute Gasteiger partial charge is 0.104 e. The normalized spacial score (nSPS) is 14.1. The van der Waals surface area contributed by atoms with Gasteiger partial charge in [0.2, 0.25) is 0 Å². The number of nitrogens with two attached hydrogens (primary N) is 1. The topological polar surface area (TPSA) is 26.0 Å². The second-order valence-electron chi connectivity index (χ2n) is 1.70. The van der Waals surface area contributed by atoms with Gasteiger partial charge in [-0.1, -0.05) is 13.3 Å². The van der Waals surface area contributed by atoms with Gasteiger partial charge in [0.05, 0.1) is 0 Å². The summed E-state index contributed by atoms with van der Waals surface area (Å²) in [5.74, 6) is 0. The molecule has 2 N–H and O–H groups in total. The van der Waals surface area contributed by atoms with Crippen LogP contribution in [0.2, 0.25) is 0 Å². The quantitative estimate of drug-likeness (QED) is 0.571. The van der Waals surface area contributed by atoms with Crippen molar-refractivity contribution in [2.24, 2.45) is 5.73 Å². The van der Waals surface area contributed by atoms with Crippen LogP contribution < -0.4 is 5.73 Å². The summed E-state index contributed by atoms with van der Waals surface area (Å²) in [5.41, 5.74) is 5.21. The minimum atomic E-state index is -0.381. The van der Waals surface area contributed by atoms with E-state index >= 15 is 0 Å². The van der Waals surface area contributed by atoms with Gasteiger partial charge in [-0.3, -0.25) is 0 Å². The van der Waals surface area contributed by atoms with E-state index in [1.165, 1.54) is 0 Å². The first-order valence-corrected chi connectivity index (χ1v) is 2.62. The van der Waals surface area contributed by atoms with Crippen LogP contribution in [0.15, 0.2) is 0 Å². The van der Waals surface area contributed by atoms with Crippen LogP contribution >= 0.6 is 0 Å². The monoisotopic (exact) mass is 105 g/mol. The van der Waals surface area contributed by atoms with Gasteiger partial charge in [0, 0.05) is 6.04 Å². The number of rotatable bonds is 3. The van der Waals surface area contributed by atoms with Crippen molar-refractivity contribution in [2.45, 2.75) is 25.8 Å². The molecular weight excluding hydrogens is 93.1 g/mol. The summed E-state index contributed by atoms with van der Waals surface area (Å²) in [6.45, 7) is 1.61. The molecule has 0 fully saturated rings. The molecule has 7 heavy (non-hydrogen) atoms. The van der Waals surface area contributed by atoms with Crippen molar-refractivity contribution < 1.29 is 4.39 Å². The van der Waals surface area contributed by atoms with Crippen molar-refractivity contribution in [3.8, 4) is 0 Å². The van der Waals surface area contributed by atoms with E-state index < -0.39 is 0 Å². The molecule has 0 unspecified atom stereocenters. The molecule has 0 aliphatic rings. The molecule has 1 atom stereocenters. The zero-order valence-corrected chi connectivity index (χ0v) is 4.65. The third kappa shape index (κ3) is 3.73. The Bertz CT molecular complexity index is 39.1. The first-order valence-electron chi connectivity index (χ1n) is 2.62. The molecule has 1 nitrogen and oxygen atoms in total. The Morgan fingerprint density at radius 1 is 1.71 bits per heavy atom. The van der Waals surface area contributed by atoms with Gasteiger partial charge < -0.3 is 5.73 Å². The Kier molecular flexibility index (Phi) is 4.00. The molecule has 0 amide bonds. The van der Waals surface area contributed by atoms with Crippen molar-refractivity contribution in [1.82, 2.24) is 0 Å². The molecule has 0 aromatic rings. The van der Waals surface area contributed by atoms with Crippen molar-refractivity contribution in [3.05, 3.63) is 0 Å². The molecule has 0 aromatic heterocycles. The Morgan fingerprint density at radius 2 is 2.29 bits per heavy atom. The van der Waals surface area contributed by atoms with E-state index in [0.717, 1.165) is 12.8 Å². The summed E-state index contributed by atoms with van der Waals surface area (Å²) >= 11 is 0. The highest BCUT2D eigenvalue weighted by Crippen LogP contribution is 1.91. The lowest BCUT2D eigenvalue weighted by molar-refractivity contribution is 0.411. The van der Waals surface area contributed by atoms with Gasteiger partial charge in [0.1, 0.15) is 6.67 Å². The lowest BCUT2D eigenvalue weighted by Gasteiger charge is -2.00. The number of hydrogen-bond donors (Lipinski definition) is 1. The van der Waals surface area contributed by atoms with Crippen LogP contribution in [0.3, 0.4) is 0 Å². The molecule has 0 aliphatic carbocycles. The molecule has 0 aromatic carbocycles. The van der Waals surface area contributed by atoms with Crippen molar-refractivity contribution in [3.63, 3.8) is 0 Å². The standard InChI is InChI=1S/C5H12FN/c1-2-3-5(7)4-6/h5H,2-4,7H2,1H3/t5-/m0/s1. The fraction of sp³-hybridized carbons (Fsp3) is 1.00. The summed E-state index contributed by atoms with van der Waals surface area (Å²) in [4.78, 5) is 0. The Morgan fingerprint density at radius 3 is 2.43 bits per heavy atom. The van der Waals surface area contributed by atoms with Crippen LogP contribution in [0.5, 0.6) is 0 Å². The van der Waals surface area contributed by atoms with Crippen LogP contribution in [-0.2, 0) is 0 Å². The molecule has 0 heterocycles. The Balaban J connectivity index is 2.83. The lowest BCUT2D eigenvalue weighted by Crippen LogP contribution is -2.21. The summed E-state index contributed by atoms with van der Waals surface area (Å²) in [6.07, 6.45) is 1.78. The molecule has 0 spiro atoms. The minimum absolute atomic E-state index is 0.218. The van der Waals surface area contributed by atoms with Crippen LogP contribution in [0, 0.1) is 0 Å². The summed E-state index contributed by atoms with van der Waals surface area (Å²) in [7, 11) is 0. The third-order valence-electron chi connectivity index (χ3n) is 0.858. The second kappa shape index (κ2) is 4.06. The average Bonchev–Trinajstić information content (AvgIpc) is 1.68. The van der Waals surface area contributed by atoms with Crippen molar-refractivity contribution in [2.75, 3.05) is 6.67 Å². The molecule has 0 radical (unpaired) electrons. The van der Waals surface area contributed by atoms with Gasteiger partial charge in [0.15, 0.2) is 0 Å². The molecule has 0 aliphatic heterocycles. The van der Waals surface area contributed by atoms with Gasteiger partial charge in [-0.15, -0.1) is 0 Å². The second-order valence-corrected chi connectivity index (χ2v) is 1.70. The average molecular weight is 105 g/mol. The van der Waals surface area contributed by atoms with Gasteiger partial charge in [-0.05, 0) is 6.42 Å². The Labute approximate surface area is 43.7 Å². The molecule has 44 valence electrons. The maximum atomic E-state index is 11.4. The van der Waals surface area contributed by atoms with E-state index in [1.807, 2.05) is 6.92 Å². The lowest BCUT2D eigenvalue weighted by atomic mass is 10.2. The molecule has 2 heteroatoms. The maximum Gasteiger partial charge on any atom is 0.104 e. The van der Waals surface area contributed by atoms with E-state index in [-0.39, 0.29) is 12.7 Å².